The Balaban J connectivity index is 1.75. The number of amides is 1. The molecule has 110 valence electrons. The number of carbonyl (C=O) groups is 1. The van der Waals surface area contributed by atoms with Gasteiger partial charge in [0.15, 0.2) is 0 Å². The molecule has 1 aliphatic heterocycles. The monoisotopic (exact) mass is 295 g/mol. The molecule has 20 heavy (non-hydrogen) atoms. The summed E-state index contributed by atoms with van der Waals surface area (Å²) >= 11 is 1.48. The van der Waals surface area contributed by atoms with Crippen LogP contribution in [0.1, 0.15) is 36.4 Å². The van der Waals surface area contributed by atoms with Crippen molar-refractivity contribution in [1.82, 2.24) is 5.32 Å². The first-order valence-electron chi connectivity index (χ1n) is 7.13. The Morgan fingerprint density at radius 3 is 2.65 bits per heavy atom. The van der Waals surface area contributed by atoms with Gasteiger partial charge in [-0.2, -0.15) is 0 Å². The number of thiophene rings is 1. The average Bonchev–Trinajstić information content (AvgIpc) is 3.08. The molecule has 5 nitrogen and oxygen atoms in total. The number of carbonyl (C=O) groups excluding carboxylic acids is 1. The molecule has 0 bridgehead atoms. The predicted molar refractivity (Wildman–Crippen MR) is 81.4 cm³/mol. The first kappa shape index (κ1) is 13.7. The molecule has 6 heteroatoms. The van der Waals surface area contributed by atoms with Crippen molar-refractivity contribution in [1.29, 1.82) is 0 Å². The topological polar surface area (TPSA) is 67.6 Å². The number of nitrogen functional groups attached to an aromatic ring is 1. The quantitative estimate of drug-likeness (QED) is 0.893. The fraction of sp³-hybridized carbons (Fsp3) is 0.643. The van der Waals surface area contributed by atoms with E-state index in [2.05, 4.69) is 24.1 Å². The van der Waals surface area contributed by atoms with Crippen LogP contribution in [-0.4, -0.2) is 37.2 Å². The summed E-state index contributed by atoms with van der Waals surface area (Å²) in [5.41, 5.74) is 6.58. The lowest BCUT2D eigenvalue weighted by Gasteiger charge is -2.35. The van der Waals surface area contributed by atoms with Crippen LogP contribution in [0.3, 0.4) is 0 Å². The van der Waals surface area contributed by atoms with Crippen molar-refractivity contribution in [3.8, 4) is 0 Å². The molecule has 3 rings (SSSR count). The Morgan fingerprint density at radius 2 is 2.05 bits per heavy atom. The molecule has 1 aliphatic carbocycles. The maximum absolute atomic E-state index is 12.1. The molecule has 1 aromatic heterocycles. The molecule has 2 atom stereocenters. The average molecular weight is 295 g/mol. The van der Waals surface area contributed by atoms with Crippen LogP contribution in [0.2, 0.25) is 0 Å². The second-order valence-corrected chi connectivity index (χ2v) is 6.81. The zero-order valence-electron chi connectivity index (χ0n) is 11.9. The summed E-state index contributed by atoms with van der Waals surface area (Å²) in [7, 11) is 0. The van der Waals surface area contributed by atoms with Crippen LogP contribution in [0.4, 0.5) is 10.7 Å². The van der Waals surface area contributed by atoms with E-state index in [0.717, 1.165) is 30.9 Å². The summed E-state index contributed by atoms with van der Waals surface area (Å²) in [6, 6.07) is 2.27. The summed E-state index contributed by atoms with van der Waals surface area (Å²) in [6.07, 6.45) is 2.57. The van der Waals surface area contributed by atoms with Gasteiger partial charge in [0, 0.05) is 19.1 Å². The number of nitrogens with zero attached hydrogens (tertiary/aromatic N) is 1. The Hall–Kier alpha value is -1.27. The Labute approximate surface area is 123 Å². The molecule has 2 aliphatic rings. The van der Waals surface area contributed by atoms with Crippen LogP contribution in [0.15, 0.2) is 6.07 Å². The Kier molecular flexibility index (Phi) is 3.60. The molecule has 0 spiro atoms. The molecular formula is C14H21N3O2S. The molecule has 1 saturated heterocycles. The smallest absolute Gasteiger partial charge is 0.263 e. The van der Waals surface area contributed by atoms with Crippen molar-refractivity contribution in [3.05, 3.63) is 10.9 Å². The summed E-state index contributed by atoms with van der Waals surface area (Å²) in [6.45, 7) is 5.82. The van der Waals surface area contributed by atoms with Gasteiger partial charge in [0.05, 0.1) is 22.9 Å². The number of nitrogens with one attached hydrogen (secondary N) is 1. The summed E-state index contributed by atoms with van der Waals surface area (Å²) < 4.78 is 5.74. The second kappa shape index (κ2) is 5.26. The zero-order valence-corrected chi connectivity index (χ0v) is 12.7. The fourth-order valence-corrected chi connectivity index (χ4v) is 3.56. The standard InChI is InChI=1S/C14H21N3O2S/c1-8-6-17(7-9(2)19-8)12-5-11(15)13(20-12)14(18)16-10-3-4-10/h5,8-10H,3-4,6-7,15H2,1-2H3,(H,16,18). The van der Waals surface area contributed by atoms with Crippen molar-refractivity contribution in [2.45, 2.75) is 44.9 Å². The van der Waals surface area contributed by atoms with Crippen LogP contribution >= 0.6 is 11.3 Å². The first-order chi connectivity index (χ1) is 9.52. The van der Waals surface area contributed by atoms with Gasteiger partial charge in [-0.05, 0) is 32.8 Å². The molecule has 2 unspecified atom stereocenters. The minimum Gasteiger partial charge on any atom is -0.397 e. The van der Waals surface area contributed by atoms with E-state index in [0.29, 0.717) is 16.6 Å². The van der Waals surface area contributed by atoms with E-state index in [-0.39, 0.29) is 18.1 Å². The van der Waals surface area contributed by atoms with E-state index in [1.165, 1.54) is 11.3 Å². The minimum absolute atomic E-state index is 0.0318. The number of morpholine rings is 1. The largest absolute Gasteiger partial charge is 0.397 e. The number of hydrogen-bond donors (Lipinski definition) is 2. The number of anilines is 2. The van der Waals surface area contributed by atoms with Gasteiger partial charge in [-0.1, -0.05) is 0 Å². The van der Waals surface area contributed by atoms with Crippen molar-refractivity contribution in [2.75, 3.05) is 23.7 Å². The molecule has 2 heterocycles. The fourth-order valence-electron chi connectivity index (χ4n) is 2.56. The Bertz CT molecular complexity index is 503. The highest BCUT2D eigenvalue weighted by molar-refractivity contribution is 7.18. The van der Waals surface area contributed by atoms with Crippen LogP contribution in [0.25, 0.3) is 0 Å². The Morgan fingerprint density at radius 1 is 1.40 bits per heavy atom. The third-order valence-electron chi connectivity index (χ3n) is 3.60. The van der Waals surface area contributed by atoms with Gasteiger partial charge in [-0.15, -0.1) is 11.3 Å². The highest BCUT2D eigenvalue weighted by atomic mass is 32.1. The number of nitrogens with two attached hydrogens (primary N) is 1. The lowest BCUT2D eigenvalue weighted by molar-refractivity contribution is -0.00500. The number of hydrogen-bond acceptors (Lipinski definition) is 5. The SMILES string of the molecule is CC1CN(c2cc(N)c(C(=O)NC3CC3)s2)CC(C)O1. The highest BCUT2D eigenvalue weighted by Gasteiger charge is 2.28. The normalized spacial score (nSPS) is 26.6. The van der Waals surface area contributed by atoms with Gasteiger partial charge in [0.2, 0.25) is 0 Å². The maximum Gasteiger partial charge on any atom is 0.263 e. The van der Waals surface area contributed by atoms with Crippen LogP contribution in [0, 0.1) is 0 Å². The molecule has 0 radical (unpaired) electrons. The zero-order chi connectivity index (χ0) is 14.3. The lowest BCUT2D eigenvalue weighted by Crippen LogP contribution is -2.45. The summed E-state index contributed by atoms with van der Waals surface area (Å²) in [4.78, 5) is 15.0. The molecule has 1 saturated carbocycles. The molecule has 3 N–H and O–H groups in total. The van der Waals surface area contributed by atoms with Crippen LogP contribution in [-0.2, 0) is 4.74 Å². The van der Waals surface area contributed by atoms with Gasteiger partial charge < -0.3 is 20.7 Å². The van der Waals surface area contributed by atoms with Crippen molar-refractivity contribution >= 4 is 27.9 Å². The molecule has 1 amide bonds. The molecule has 0 aromatic carbocycles. The minimum atomic E-state index is -0.0318. The van der Waals surface area contributed by atoms with Crippen molar-refractivity contribution in [2.24, 2.45) is 0 Å². The van der Waals surface area contributed by atoms with E-state index in [1.807, 2.05) is 6.07 Å². The van der Waals surface area contributed by atoms with Crippen LogP contribution < -0.4 is 16.0 Å². The lowest BCUT2D eigenvalue weighted by atomic mass is 10.2. The summed E-state index contributed by atoms with van der Waals surface area (Å²) in [5.74, 6) is -0.0318. The van der Waals surface area contributed by atoms with Crippen molar-refractivity contribution in [3.63, 3.8) is 0 Å². The number of rotatable bonds is 3. The van der Waals surface area contributed by atoms with Gasteiger partial charge in [-0.25, -0.2) is 0 Å². The van der Waals surface area contributed by atoms with Crippen LogP contribution in [0.5, 0.6) is 0 Å². The predicted octanol–water partition coefficient (Wildman–Crippen LogP) is 1.84. The molecule has 1 aromatic rings. The van der Waals surface area contributed by atoms with Gasteiger partial charge in [0.1, 0.15) is 4.88 Å². The van der Waals surface area contributed by atoms with E-state index < -0.39 is 0 Å². The van der Waals surface area contributed by atoms with Crippen molar-refractivity contribution < 1.29 is 9.53 Å². The second-order valence-electron chi connectivity index (χ2n) is 5.78. The first-order valence-corrected chi connectivity index (χ1v) is 7.95. The van der Waals surface area contributed by atoms with E-state index in [4.69, 9.17) is 10.5 Å². The van der Waals surface area contributed by atoms with Gasteiger partial charge in [-0.3, -0.25) is 4.79 Å². The number of ether oxygens (including phenoxy) is 1. The van der Waals surface area contributed by atoms with E-state index >= 15 is 0 Å². The maximum atomic E-state index is 12.1. The van der Waals surface area contributed by atoms with E-state index in [9.17, 15) is 4.79 Å². The molecular weight excluding hydrogens is 274 g/mol. The highest BCUT2D eigenvalue weighted by Crippen LogP contribution is 2.34. The van der Waals surface area contributed by atoms with Gasteiger partial charge >= 0.3 is 0 Å². The third kappa shape index (κ3) is 2.91. The third-order valence-corrected chi connectivity index (χ3v) is 4.81. The van der Waals surface area contributed by atoms with Gasteiger partial charge in [0.25, 0.3) is 5.91 Å². The van der Waals surface area contributed by atoms with E-state index in [1.54, 1.807) is 0 Å². The summed E-state index contributed by atoms with van der Waals surface area (Å²) in [5, 5.41) is 4.05. The molecule has 2 fully saturated rings.